The summed E-state index contributed by atoms with van der Waals surface area (Å²) in [6.07, 6.45) is 0.327. The topological polar surface area (TPSA) is 58.6 Å². The molecule has 3 rings (SSSR count). The van der Waals surface area contributed by atoms with Crippen LogP contribution < -0.4 is 10.1 Å². The van der Waals surface area contributed by atoms with Gasteiger partial charge in [0.05, 0.1) is 4.47 Å². The lowest BCUT2D eigenvalue weighted by Gasteiger charge is -2.32. The van der Waals surface area contributed by atoms with Crippen molar-refractivity contribution in [2.45, 2.75) is 45.7 Å². The van der Waals surface area contributed by atoms with Crippen LogP contribution in [0.25, 0.3) is 0 Å². The molecule has 3 aromatic carbocycles. The third kappa shape index (κ3) is 7.97. The molecule has 0 fully saturated rings. The molecule has 196 valence electrons. The summed E-state index contributed by atoms with van der Waals surface area (Å²) in [6.45, 7) is 6.30. The molecule has 0 aliphatic heterocycles. The highest BCUT2D eigenvalue weighted by atomic mass is 79.9. The van der Waals surface area contributed by atoms with Gasteiger partial charge in [-0.3, -0.25) is 9.59 Å². The van der Waals surface area contributed by atoms with Gasteiger partial charge in [-0.25, -0.2) is 0 Å². The highest BCUT2D eigenvalue weighted by Gasteiger charge is 2.31. The molecule has 8 heteroatoms. The van der Waals surface area contributed by atoms with Crippen molar-refractivity contribution in [1.29, 1.82) is 0 Å². The van der Waals surface area contributed by atoms with E-state index in [1.165, 1.54) is 4.90 Å². The van der Waals surface area contributed by atoms with Crippen molar-refractivity contribution in [3.05, 3.63) is 97.9 Å². The Kier molecular flexibility index (Phi) is 10.9. The second-order valence-corrected chi connectivity index (χ2v) is 10.6. The van der Waals surface area contributed by atoms with E-state index in [2.05, 4.69) is 35.1 Å². The summed E-state index contributed by atoms with van der Waals surface area (Å²) in [4.78, 5) is 28.5. The van der Waals surface area contributed by atoms with Gasteiger partial charge in [-0.15, -0.1) is 0 Å². The van der Waals surface area contributed by atoms with Crippen molar-refractivity contribution in [2.24, 2.45) is 0 Å². The van der Waals surface area contributed by atoms with Gasteiger partial charge < -0.3 is 15.0 Å². The molecule has 37 heavy (non-hydrogen) atoms. The second-order valence-electron chi connectivity index (χ2n) is 8.96. The average Bonchev–Trinajstić information content (AvgIpc) is 2.87. The second kappa shape index (κ2) is 13.8. The Balaban J connectivity index is 1.93. The van der Waals surface area contributed by atoms with E-state index < -0.39 is 6.04 Å². The maximum atomic E-state index is 13.7. The first-order valence-corrected chi connectivity index (χ1v) is 13.7. The fourth-order valence-electron chi connectivity index (χ4n) is 3.92. The van der Waals surface area contributed by atoms with E-state index in [-0.39, 0.29) is 25.0 Å². The van der Waals surface area contributed by atoms with E-state index in [0.29, 0.717) is 40.2 Å². The fraction of sp³-hybridized carbons (Fsp3) is 0.310. The molecule has 0 radical (unpaired) electrons. The number of ether oxygens (including phenoxy) is 1. The normalized spacial score (nSPS) is 11.8. The van der Waals surface area contributed by atoms with Crippen molar-refractivity contribution < 1.29 is 14.3 Å². The van der Waals surface area contributed by atoms with Crippen LogP contribution in [-0.4, -0.2) is 35.9 Å². The predicted molar refractivity (Wildman–Crippen MR) is 153 cm³/mol. The zero-order valence-electron chi connectivity index (χ0n) is 21.1. The minimum atomic E-state index is -0.794. The maximum absolute atomic E-state index is 13.7. The smallest absolute Gasteiger partial charge is 0.261 e. The van der Waals surface area contributed by atoms with Crippen LogP contribution in [0.4, 0.5) is 0 Å². The first-order valence-electron chi connectivity index (χ1n) is 12.2. The van der Waals surface area contributed by atoms with E-state index in [1.54, 1.807) is 18.2 Å². The predicted octanol–water partition coefficient (Wildman–Crippen LogP) is 7.03. The number of amides is 2. The number of carbonyl (C=O) groups is 2. The molecule has 1 atom stereocenters. The highest BCUT2D eigenvalue weighted by Crippen LogP contribution is 2.30. The van der Waals surface area contributed by atoms with E-state index in [4.69, 9.17) is 27.9 Å². The quantitative estimate of drug-likeness (QED) is 0.255. The largest absolute Gasteiger partial charge is 0.483 e. The van der Waals surface area contributed by atoms with Crippen molar-refractivity contribution in [2.75, 3.05) is 13.2 Å². The Labute approximate surface area is 237 Å². The molecule has 0 aliphatic carbocycles. The minimum Gasteiger partial charge on any atom is -0.483 e. The Hall–Kier alpha value is -2.54. The molecule has 0 aromatic heterocycles. The number of nitrogens with zero attached hydrogens (tertiary/aromatic N) is 1. The zero-order valence-corrected chi connectivity index (χ0v) is 24.2. The van der Waals surface area contributed by atoms with E-state index in [1.807, 2.05) is 55.5 Å². The van der Waals surface area contributed by atoms with Gasteiger partial charge in [0.2, 0.25) is 5.91 Å². The Bertz CT molecular complexity index is 1200. The van der Waals surface area contributed by atoms with Gasteiger partial charge in [-0.05, 0) is 64.2 Å². The standard InChI is InChI=1S/C29H31BrCl2N2O3/c1-4-33-29(36)26(15-20-9-6-5-7-10-20)34(17-22-24(31)11-8-12-25(22)32)28(35)18-37-27-14-13-21(19(2)3)16-23(27)30/h5-14,16,19,26H,4,15,17-18H2,1-3H3,(H,33,36). The Morgan fingerprint density at radius 3 is 2.27 bits per heavy atom. The molecule has 0 aliphatic rings. The summed E-state index contributed by atoms with van der Waals surface area (Å²) < 4.78 is 6.68. The third-order valence-electron chi connectivity index (χ3n) is 5.99. The molecule has 2 amide bonds. The molecule has 1 unspecified atom stereocenters. The Morgan fingerprint density at radius 2 is 1.68 bits per heavy atom. The van der Waals surface area contributed by atoms with Gasteiger partial charge >= 0.3 is 0 Å². The summed E-state index contributed by atoms with van der Waals surface area (Å²) in [7, 11) is 0. The monoisotopic (exact) mass is 604 g/mol. The first kappa shape index (κ1) is 29.0. The van der Waals surface area contributed by atoms with Crippen molar-refractivity contribution >= 4 is 50.9 Å². The maximum Gasteiger partial charge on any atom is 0.261 e. The Morgan fingerprint density at radius 1 is 1.00 bits per heavy atom. The number of hydrogen-bond acceptors (Lipinski definition) is 3. The molecular weight excluding hydrogens is 575 g/mol. The summed E-state index contributed by atoms with van der Waals surface area (Å²) in [6, 6.07) is 19.8. The summed E-state index contributed by atoms with van der Waals surface area (Å²) in [5.74, 6) is 0.290. The van der Waals surface area contributed by atoms with Crippen LogP contribution in [0.15, 0.2) is 71.2 Å². The van der Waals surface area contributed by atoms with Crippen molar-refractivity contribution in [3.63, 3.8) is 0 Å². The summed E-state index contributed by atoms with van der Waals surface area (Å²) in [5.41, 5.74) is 2.65. The molecule has 1 N–H and O–H groups in total. The minimum absolute atomic E-state index is 0.0583. The van der Waals surface area contributed by atoms with E-state index in [0.717, 1.165) is 15.6 Å². The molecule has 0 saturated carbocycles. The SMILES string of the molecule is CCNC(=O)C(Cc1ccccc1)N(Cc1c(Cl)cccc1Cl)C(=O)COc1ccc(C(C)C)cc1Br. The van der Waals surface area contributed by atoms with E-state index >= 15 is 0 Å². The number of carbonyl (C=O) groups excluding carboxylic acids is 2. The number of halogens is 3. The highest BCUT2D eigenvalue weighted by molar-refractivity contribution is 9.10. The number of likely N-dealkylation sites (N-methyl/N-ethyl adjacent to an activating group) is 1. The molecule has 3 aromatic rings. The van der Waals surface area contributed by atoms with Crippen molar-refractivity contribution in [1.82, 2.24) is 10.2 Å². The van der Waals surface area contributed by atoms with Crippen LogP contribution in [0.1, 0.15) is 43.4 Å². The van der Waals surface area contributed by atoms with E-state index in [9.17, 15) is 9.59 Å². The molecule has 0 spiro atoms. The molecule has 0 bridgehead atoms. The average molecular weight is 606 g/mol. The molecular formula is C29H31BrCl2N2O3. The van der Waals surface area contributed by atoms with Gasteiger partial charge in [0.25, 0.3) is 5.91 Å². The molecule has 0 saturated heterocycles. The summed E-state index contributed by atoms with van der Waals surface area (Å²) in [5, 5.41) is 3.72. The number of rotatable bonds is 11. The van der Waals surface area contributed by atoms with Crippen LogP contribution in [-0.2, 0) is 22.6 Å². The van der Waals surface area contributed by atoms with Gasteiger partial charge in [-0.1, -0.05) is 79.5 Å². The lowest BCUT2D eigenvalue weighted by Crippen LogP contribution is -2.51. The van der Waals surface area contributed by atoms with Gasteiger partial charge in [0.1, 0.15) is 11.8 Å². The van der Waals surface area contributed by atoms with Gasteiger partial charge in [-0.2, -0.15) is 0 Å². The lowest BCUT2D eigenvalue weighted by molar-refractivity contribution is -0.142. The molecule has 5 nitrogen and oxygen atoms in total. The number of hydrogen-bond donors (Lipinski definition) is 1. The van der Waals surface area contributed by atoms with Crippen LogP contribution in [0, 0.1) is 0 Å². The van der Waals surface area contributed by atoms with Crippen LogP contribution in [0.2, 0.25) is 10.0 Å². The summed E-state index contributed by atoms with van der Waals surface area (Å²) >= 11 is 16.5. The zero-order chi connectivity index (χ0) is 26.9. The van der Waals surface area contributed by atoms with Gasteiger partial charge in [0, 0.05) is 35.1 Å². The lowest BCUT2D eigenvalue weighted by atomic mass is 10.0. The van der Waals surface area contributed by atoms with Gasteiger partial charge in [0.15, 0.2) is 6.61 Å². The van der Waals surface area contributed by atoms with Crippen molar-refractivity contribution in [3.8, 4) is 5.75 Å². The van der Waals surface area contributed by atoms with Crippen LogP contribution in [0.5, 0.6) is 5.75 Å². The molecule has 0 heterocycles. The van der Waals surface area contributed by atoms with Crippen LogP contribution in [0.3, 0.4) is 0 Å². The number of nitrogens with one attached hydrogen (secondary N) is 1. The first-order chi connectivity index (χ1) is 17.7. The number of benzene rings is 3. The van der Waals surface area contributed by atoms with Crippen LogP contribution >= 0.6 is 39.1 Å². The third-order valence-corrected chi connectivity index (χ3v) is 7.31. The fourth-order valence-corrected chi connectivity index (χ4v) is 4.94.